The number of aromatic nitrogens is 2. The van der Waals surface area contributed by atoms with Gasteiger partial charge in [-0.15, -0.1) is 0 Å². The van der Waals surface area contributed by atoms with Crippen molar-refractivity contribution in [2.75, 3.05) is 0 Å². The van der Waals surface area contributed by atoms with Gasteiger partial charge in [0.05, 0.1) is 23.1 Å². The van der Waals surface area contributed by atoms with Crippen LogP contribution in [0.3, 0.4) is 0 Å². The van der Waals surface area contributed by atoms with Crippen molar-refractivity contribution in [1.29, 1.82) is 0 Å². The van der Waals surface area contributed by atoms with Gasteiger partial charge in [0.25, 0.3) is 5.91 Å². The maximum atomic E-state index is 12.9. The largest absolute Gasteiger partial charge is 0.364 e. The van der Waals surface area contributed by atoms with Crippen LogP contribution in [0.2, 0.25) is 0 Å². The molecule has 0 saturated heterocycles. The Balaban J connectivity index is 1.40. The van der Waals surface area contributed by atoms with E-state index in [9.17, 15) is 9.59 Å². The highest BCUT2D eigenvalue weighted by Crippen LogP contribution is 2.38. The number of hydrogen-bond acceptors (Lipinski definition) is 4. The van der Waals surface area contributed by atoms with E-state index in [4.69, 9.17) is 11.5 Å². The highest BCUT2D eigenvalue weighted by molar-refractivity contribution is 7.99. The number of para-hydroxylation sites is 2. The number of benzene rings is 3. The molecule has 176 valence electrons. The Morgan fingerprint density at radius 2 is 1.63 bits per heavy atom. The van der Waals surface area contributed by atoms with E-state index in [2.05, 4.69) is 10.3 Å². The number of nitrogens with zero attached hydrogens (tertiary/aromatic N) is 1. The van der Waals surface area contributed by atoms with Crippen molar-refractivity contribution in [3.8, 4) is 0 Å². The third kappa shape index (κ3) is 4.53. The molecule has 35 heavy (non-hydrogen) atoms. The summed E-state index contributed by atoms with van der Waals surface area (Å²) >= 11 is 1.47. The number of primary amides is 1. The van der Waals surface area contributed by atoms with Crippen molar-refractivity contribution < 1.29 is 9.59 Å². The average molecular weight is 484 g/mol. The molecule has 5 aromatic rings. The lowest BCUT2D eigenvalue weighted by atomic mass is 10.1. The zero-order valence-electron chi connectivity index (χ0n) is 18.9. The van der Waals surface area contributed by atoms with Gasteiger partial charge in [-0.25, -0.2) is 0 Å². The topological polar surface area (TPSA) is 119 Å². The highest BCUT2D eigenvalue weighted by atomic mass is 32.2. The Labute approximate surface area is 206 Å². The number of amides is 2. The molecule has 0 bridgehead atoms. The van der Waals surface area contributed by atoms with Crippen LogP contribution >= 0.6 is 11.8 Å². The van der Waals surface area contributed by atoms with E-state index in [-0.39, 0.29) is 12.6 Å². The van der Waals surface area contributed by atoms with Crippen LogP contribution in [0.25, 0.3) is 21.8 Å². The average Bonchev–Trinajstić information content (AvgIpc) is 3.42. The van der Waals surface area contributed by atoms with Gasteiger partial charge in [0, 0.05) is 27.4 Å². The predicted molar refractivity (Wildman–Crippen MR) is 139 cm³/mol. The third-order valence-corrected chi connectivity index (χ3v) is 7.11. The standard InChI is InChI=1S/C27H25N5O2S/c28-21(14-17-15-30-22-12-6-4-10-19(17)22)27(34)31-16-32-23-13-7-5-11-20(23)25(24(32)26(29)33)35-18-8-2-1-3-9-18/h1-13,15,21,30H,14,16,28H2,(H2,29,33)(H,31,34). The molecule has 6 N–H and O–H groups in total. The van der Waals surface area contributed by atoms with E-state index in [1.54, 1.807) is 4.57 Å². The van der Waals surface area contributed by atoms with Crippen molar-refractivity contribution in [1.82, 2.24) is 14.9 Å². The van der Waals surface area contributed by atoms with Crippen LogP contribution < -0.4 is 16.8 Å². The minimum Gasteiger partial charge on any atom is -0.364 e. The molecule has 0 spiro atoms. The van der Waals surface area contributed by atoms with Crippen LogP contribution in [0.1, 0.15) is 16.1 Å². The molecule has 0 radical (unpaired) electrons. The molecule has 0 aliphatic heterocycles. The quantitative estimate of drug-likeness (QED) is 0.267. The minimum atomic E-state index is -0.744. The summed E-state index contributed by atoms with van der Waals surface area (Å²) in [4.78, 5) is 30.4. The summed E-state index contributed by atoms with van der Waals surface area (Å²) in [5.41, 5.74) is 15.2. The Bertz CT molecular complexity index is 1520. The Kier molecular flexibility index (Phi) is 6.31. The maximum Gasteiger partial charge on any atom is 0.266 e. The molecule has 0 fully saturated rings. The SMILES string of the molecule is NC(=O)c1c(Sc2ccccc2)c2ccccc2n1CNC(=O)C(N)Cc1c[nH]c2ccccc12. The van der Waals surface area contributed by atoms with Crippen molar-refractivity contribution in [2.45, 2.75) is 28.9 Å². The Morgan fingerprint density at radius 3 is 2.40 bits per heavy atom. The number of fused-ring (bicyclic) bond motifs is 2. The van der Waals surface area contributed by atoms with Gasteiger partial charge in [0.1, 0.15) is 5.69 Å². The van der Waals surface area contributed by atoms with Crippen molar-refractivity contribution >= 4 is 45.4 Å². The van der Waals surface area contributed by atoms with Crippen LogP contribution in [-0.2, 0) is 17.9 Å². The first-order valence-corrected chi connectivity index (χ1v) is 12.1. The summed E-state index contributed by atoms with van der Waals surface area (Å²) in [6.45, 7) is 0.0779. The number of nitrogens with one attached hydrogen (secondary N) is 2. The summed E-state index contributed by atoms with van der Waals surface area (Å²) in [6, 6.07) is 24.6. The van der Waals surface area contributed by atoms with Gasteiger partial charge in [-0.2, -0.15) is 0 Å². The van der Waals surface area contributed by atoms with Gasteiger partial charge in [-0.3, -0.25) is 9.59 Å². The summed E-state index contributed by atoms with van der Waals surface area (Å²) in [6.07, 6.45) is 2.27. The first kappa shape index (κ1) is 22.8. The van der Waals surface area contributed by atoms with Crippen molar-refractivity contribution in [3.05, 3.63) is 96.3 Å². The Hall–Kier alpha value is -4.01. The second kappa shape index (κ2) is 9.69. The molecule has 2 heterocycles. The molecule has 3 aromatic carbocycles. The van der Waals surface area contributed by atoms with Crippen LogP contribution in [-0.4, -0.2) is 27.4 Å². The smallest absolute Gasteiger partial charge is 0.266 e. The third-order valence-electron chi connectivity index (χ3n) is 5.98. The molecule has 1 unspecified atom stereocenters. The second-order valence-corrected chi connectivity index (χ2v) is 9.36. The zero-order chi connectivity index (χ0) is 24.4. The molecular formula is C27H25N5O2S. The van der Waals surface area contributed by atoms with Gasteiger partial charge >= 0.3 is 0 Å². The molecule has 2 amide bonds. The first-order chi connectivity index (χ1) is 17.0. The van der Waals surface area contributed by atoms with Gasteiger partial charge in [0.15, 0.2) is 0 Å². The van der Waals surface area contributed by atoms with Crippen molar-refractivity contribution in [2.24, 2.45) is 11.5 Å². The van der Waals surface area contributed by atoms with E-state index >= 15 is 0 Å². The number of aromatic amines is 1. The monoisotopic (exact) mass is 483 g/mol. The summed E-state index contributed by atoms with van der Waals surface area (Å²) in [5, 5.41) is 4.84. The Morgan fingerprint density at radius 1 is 0.943 bits per heavy atom. The molecule has 2 aromatic heterocycles. The van der Waals surface area contributed by atoms with Crippen LogP contribution in [0.15, 0.2) is 94.9 Å². The zero-order valence-corrected chi connectivity index (χ0v) is 19.7. The van der Waals surface area contributed by atoms with E-state index < -0.39 is 11.9 Å². The number of carbonyl (C=O) groups excluding carboxylic acids is 2. The second-order valence-electron chi connectivity index (χ2n) is 8.27. The van der Waals surface area contributed by atoms with Gasteiger partial charge in [-0.05, 0) is 36.2 Å². The first-order valence-electron chi connectivity index (χ1n) is 11.2. The van der Waals surface area contributed by atoms with Crippen LogP contribution in [0.4, 0.5) is 0 Å². The number of hydrogen-bond donors (Lipinski definition) is 4. The molecule has 5 rings (SSSR count). The molecule has 0 aliphatic rings. The number of rotatable bonds is 8. The fourth-order valence-electron chi connectivity index (χ4n) is 4.31. The fraction of sp³-hybridized carbons (Fsp3) is 0.111. The number of carbonyl (C=O) groups is 2. The van der Waals surface area contributed by atoms with Crippen molar-refractivity contribution in [3.63, 3.8) is 0 Å². The van der Waals surface area contributed by atoms with Gasteiger partial charge in [0.2, 0.25) is 5.91 Å². The van der Waals surface area contributed by atoms with Crippen LogP contribution in [0.5, 0.6) is 0 Å². The highest BCUT2D eigenvalue weighted by Gasteiger charge is 2.23. The number of nitrogens with two attached hydrogens (primary N) is 2. The molecule has 0 saturated carbocycles. The van der Waals surface area contributed by atoms with E-state index in [1.165, 1.54) is 11.8 Å². The normalized spacial score (nSPS) is 12.1. The molecule has 8 heteroatoms. The summed E-state index contributed by atoms with van der Waals surface area (Å²) < 4.78 is 1.75. The van der Waals surface area contributed by atoms with Crippen LogP contribution in [0, 0.1) is 0 Å². The number of H-pyrrole nitrogens is 1. The van der Waals surface area contributed by atoms with Gasteiger partial charge < -0.3 is 26.3 Å². The molecular weight excluding hydrogens is 458 g/mol. The van der Waals surface area contributed by atoms with E-state index in [0.717, 1.165) is 37.2 Å². The summed E-state index contributed by atoms with van der Waals surface area (Å²) in [5.74, 6) is -0.863. The van der Waals surface area contributed by atoms with E-state index in [1.807, 2.05) is 85.1 Å². The molecule has 7 nitrogen and oxygen atoms in total. The summed E-state index contributed by atoms with van der Waals surface area (Å²) in [7, 11) is 0. The van der Waals surface area contributed by atoms with E-state index in [0.29, 0.717) is 12.1 Å². The lowest BCUT2D eigenvalue weighted by molar-refractivity contribution is -0.122. The lowest BCUT2D eigenvalue weighted by Gasteiger charge is -2.15. The van der Waals surface area contributed by atoms with Gasteiger partial charge in [-0.1, -0.05) is 66.4 Å². The molecule has 0 aliphatic carbocycles. The maximum absolute atomic E-state index is 12.9. The predicted octanol–water partition coefficient (Wildman–Crippen LogP) is 4.02. The fourth-order valence-corrected chi connectivity index (χ4v) is 5.43. The molecule has 1 atom stereocenters. The minimum absolute atomic E-state index is 0.0779. The lowest BCUT2D eigenvalue weighted by Crippen LogP contribution is -2.43.